The third kappa shape index (κ3) is 2.05. The van der Waals surface area contributed by atoms with E-state index in [1.807, 2.05) is 13.8 Å². The summed E-state index contributed by atoms with van der Waals surface area (Å²) in [7, 11) is 0. The Morgan fingerprint density at radius 3 is 2.31 bits per heavy atom. The fourth-order valence-electron chi connectivity index (χ4n) is 2.85. The average Bonchev–Trinajstić information content (AvgIpc) is 2.19. The molecule has 0 spiro atoms. The van der Waals surface area contributed by atoms with Crippen LogP contribution < -0.4 is 11.2 Å². The third-order valence-corrected chi connectivity index (χ3v) is 3.58. The Balaban J connectivity index is 2.42. The van der Waals surface area contributed by atoms with Crippen molar-refractivity contribution in [2.45, 2.75) is 51.6 Å². The zero-order valence-corrected chi connectivity index (χ0v) is 10.1. The second-order valence-corrected chi connectivity index (χ2v) is 4.86. The van der Waals surface area contributed by atoms with Crippen molar-refractivity contribution in [3.05, 3.63) is 33.7 Å². The number of nitrogens with zero attached hydrogens (tertiary/aromatic N) is 1. The van der Waals surface area contributed by atoms with Gasteiger partial charge >= 0.3 is 0 Å². The highest BCUT2D eigenvalue weighted by atomic mass is 16.1. The van der Waals surface area contributed by atoms with Crippen molar-refractivity contribution in [3.8, 4) is 0 Å². The quantitative estimate of drug-likeness (QED) is 0.786. The Kier molecular flexibility index (Phi) is 3.15. The van der Waals surface area contributed by atoms with E-state index in [-0.39, 0.29) is 11.5 Å². The summed E-state index contributed by atoms with van der Waals surface area (Å²) in [6, 6.07) is 4.01. The van der Waals surface area contributed by atoms with Crippen LogP contribution in [-0.2, 0) is 0 Å². The summed E-state index contributed by atoms with van der Waals surface area (Å²) in [6.07, 6.45) is 4.70. The van der Waals surface area contributed by atoms with Gasteiger partial charge in [0.25, 0.3) is 0 Å². The number of rotatable bonds is 1. The normalized spacial score (nSPS) is 25.7. The maximum absolute atomic E-state index is 11.4. The number of pyridine rings is 1. The van der Waals surface area contributed by atoms with E-state index >= 15 is 0 Å². The van der Waals surface area contributed by atoms with E-state index in [4.69, 9.17) is 5.73 Å². The number of aromatic nitrogens is 1. The van der Waals surface area contributed by atoms with Gasteiger partial charge in [0.1, 0.15) is 0 Å². The molecule has 1 heterocycles. The number of hydrogen-bond acceptors (Lipinski definition) is 2. The molecule has 1 aliphatic rings. The molecule has 0 aromatic carbocycles. The van der Waals surface area contributed by atoms with E-state index in [2.05, 4.69) is 4.57 Å². The summed E-state index contributed by atoms with van der Waals surface area (Å²) in [4.78, 5) is 11.4. The van der Waals surface area contributed by atoms with Gasteiger partial charge in [0.2, 0.25) is 0 Å². The Bertz CT molecular complexity index is 410. The molecule has 0 radical (unpaired) electrons. The number of nitrogens with two attached hydrogens (primary N) is 1. The molecule has 1 saturated carbocycles. The molecule has 0 saturated heterocycles. The fraction of sp³-hybridized carbons (Fsp3) is 0.615. The van der Waals surface area contributed by atoms with Crippen LogP contribution in [-0.4, -0.2) is 10.6 Å². The summed E-state index contributed by atoms with van der Waals surface area (Å²) in [5, 5.41) is 0. The zero-order valence-electron chi connectivity index (χ0n) is 10.1. The fourth-order valence-corrected chi connectivity index (χ4v) is 2.85. The van der Waals surface area contributed by atoms with Crippen LogP contribution in [0, 0.1) is 13.8 Å². The van der Waals surface area contributed by atoms with E-state index in [0.717, 1.165) is 24.2 Å². The predicted molar refractivity (Wildman–Crippen MR) is 65.7 cm³/mol. The highest BCUT2D eigenvalue weighted by Gasteiger charge is 2.24. The van der Waals surface area contributed by atoms with Gasteiger partial charge in [-0.15, -0.1) is 0 Å². The zero-order chi connectivity index (χ0) is 11.7. The lowest BCUT2D eigenvalue weighted by molar-refractivity contribution is 0.297. The van der Waals surface area contributed by atoms with Gasteiger partial charge in [-0.05, 0) is 26.7 Å². The standard InChI is InChI=1S/C13H20N2O/c1-9-7-11(16)8-10(2)15(9)13-6-4-3-5-12(13)14/h7-8,12-13H,3-6,14H2,1-2H3. The SMILES string of the molecule is Cc1cc(=O)cc(C)n1C1CCCCC1N. The molecule has 1 aliphatic carbocycles. The molecule has 2 atom stereocenters. The molecule has 0 bridgehead atoms. The molecular weight excluding hydrogens is 200 g/mol. The molecule has 88 valence electrons. The third-order valence-electron chi connectivity index (χ3n) is 3.58. The van der Waals surface area contributed by atoms with Crippen LogP contribution >= 0.6 is 0 Å². The molecule has 1 aromatic heterocycles. The number of aryl methyl sites for hydroxylation is 2. The lowest BCUT2D eigenvalue weighted by atomic mass is 9.90. The lowest BCUT2D eigenvalue weighted by Gasteiger charge is -2.33. The largest absolute Gasteiger partial charge is 0.344 e. The first-order chi connectivity index (χ1) is 7.59. The van der Waals surface area contributed by atoms with E-state index < -0.39 is 0 Å². The molecule has 2 unspecified atom stereocenters. The minimum absolute atomic E-state index is 0.0932. The van der Waals surface area contributed by atoms with Gasteiger partial charge in [0, 0.05) is 35.6 Å². The molecule has 3 heteroatoms. The molecule has 1 fully saturated rings. The molecule has 0 aliphatic heterocycles. The minimum Gasteiger partial charge on any atom is -0.344 e. The van der Waals surface area contributed by atoms with Crippen molar-refractivity contribution in [3.63, 3.8) is 0 Å². The van der Waals surface area contributed by atoms with Gasteiger partial charge in [0.15, 0.2) is 5.43 Å². The van der Waals surface area contributed by atoms with Gasteiger partial charge in [-0.1, -0.05) is 12.8 Å². The maximum Gasteiger partial charge on any atom is 0.182 e. The van der Waals surface area contributed by atoms with E-state index in [9.17, 15) is 4.79 Å². The number of hydrogen-bond donors (Lipinski definition) is 1. The summed E-state index contributed by atoms with van der Waals surface area (Å²) in [6.45, 7) is 3.99. The van der Waals surface area contributed by atoms with Gasteiger partial charge in [0.05, 0.1) is 0 Å². The average molecular weight is 220 g/mol. The molecule has 16 heavy (non-hydrogen) atoms. The maximum atomic E-state index is 11.4. The van der Waals surface area contributed by atoms with Crippen LogP contribution in [0.4, 0.5) is 0 Å². The van der Waals surface area contributed by atoms with Crippen LogP contribution in [0.5, 0.6) is 0 Å². The van der Waals surface area contributed by atoms with Crippen molar-refractivity contribution in [2.75, 3.05) is 0 Å². The van der Waals surface area contributed by atoms with Crippen molar-refractivity contribution < 1.29 is 0 Å². The highest BCUT2D eigenvalue weighted by molar-refractivity contribution is 5.14. The van der Waals surface area contributed by atoms with Crippen molar-refractivity contribution in [2.24, 2.45) is 5.73 Å². The molecule has 2 N–H and O–H groups in total. The predicted octanol–water partition coefficient (Wildman–Crippen LogP) is 1.91. The van der Waals surface area contributed by atoms with Gasteiger partial charge in [-0.25, -0.2) is 0 Å². The minimum atomic E-state index is 0.0932. The Morgan fingerprint density at radius 1 is 1.19 bits per heavy atom. The van der Waals surface area contributed by atoms with Crippen molar-refractivity contribution in [1.82, 2.24) is 4.57 Å². The summed E-state index contributed by atoms with van der Waals surface area (Å²) >= 11 is 0. The Morgan fingerprint density at radius 2 is 1.75 bits per heavy atom. The van der Waals surface area contributed by atoms with Gasteiger partial charge < -0.3 is 10.3 Å². The molecule has 2 rings (SSSR count). The Labute approximate surface area is 96.3 Å². The smallest absolute Gasteiger partial charge is 0.182 e. The second kappa shape index (κ2) is 4.42. The topological polar surface area (TPSA) is 48.0 Å². The monoisotopic (exact) mass is 220 g/mol. The molecular formula is C13H20N2O. The van der Waals surface area contributed by atoms with E-state index in [0.29, 0.717) is 6.04 Å². The van der Waals surface area contributed by atoms with Crippen LogP contribution in [0.1, 0.15) is 43.1 Å². The lowest BCUT2D eigenvalue weighted by Crippen LogP contribution is -2.37. The first kappa shape index (κ1) is 11.4. The van der Waals surface area contributed by atoms with Crippen LogP contribution in [0.3, 0.4) is 0 Å². The second-order valence-electron chi connectivity index (χ2n) is 4.86. The van der Waals surface area contributed by atoms with Crippen molar-refractivity contribution >= 4 is 0 Å². The van der Waals surface area contributed by atoms with Crippen LogP contribution in [0.25, 0.3) is 0 Å². The van der Waals surface area contributed by atoms with Gasteiger partial charge in [-0.3, -0.25) is 4.79 Å². The summed E-state index contributed by atoms with van der Waals surface area (Å²) < 4.78 is 2.24. The first-order valence-electron chi connectivity index (χ1n) is 6.05. The van der Waals surface area contributed by atoms with Crippen LogP contribution in [0.2, 0.25) is 0 Å². The van der Waals surface area contributed by atoms with Crippen LogP contribution in [0.15, 0.2) is 16.9 Å². The Hall–Kier alpha value is -1.09. The first-order valence-corrected chi connectivity index (χ1v) is 6.05. The molecule has 1 aromatic rings. The van der Waals surface area contributed by atoms with Gasteiger partial charge in [-0.2, -0.15) is 0 Å². The van der Waals surface area contributed by atoms with Crippen molar-refractivity contribution in [1.29, 1.82) is 0 Å². The highest BCUT2D eigenvalue weighted by Crippen LogP contribution is 2.29. The van der Waals surface area contributed by atoms with E-state index in [1.54, 1.807) is 12.1 Å². The summed E-state index contributed by atoms with van der Waals surface area (Å²) in [5.74, 6) is 0. The molecule has 0 amide bonds. The summed E-state index contributed by atoms with van der Waals surface area (Å²) in [5.41, 5.74) is 8.35. The van der Waals surface area contributed by atoms with E-state index in [1.165, 1.54) is 12.8 Å². The molecule has 3 nitrogen and oxygen atoms in total.